The number of carbonyl (C=O) groups excluding carboxylic acids is 1. The van der Waals surface area contributed by atoms with Gasteiger partial charge in [-0.25, -0.2) is 0 Å². The van der Waals surface area contributed by atoms with Gasteiger partial charge >= 0.3 is 0 Å². The zero-order valence-electron chi connectivity index (χ0n) is 13.4. The molecular weight excluding hydrogens is 288 g/mol. The molecule has 5 heteroatoms. The van der Waals surface area contributed by atoms with E-state index in [4.69, 9.17) is 10.5 Å². The molecule has 1 amide bonds. The fourth-order valence-electron chi connectivity index (χ4n) is 2.18. The highest BCUT2D eigenvalue weighted by Gasteiger charge is 2.26. The van der Waals surface area contributed by atoms with Crippen molar-refractivity contribution < 1.29 is 9.53 Å². The molecule has 1 aromatic carbocycles. The first-order valence-corrected chi connectivity index (χ1v) is 7.13. The number of hydrogen-bond acceptors (Lipinski definition) is 3. The lowest BCUT2D eigenvalue weighted by atomic mass is 9.97. The van der Waals surface area contributed by atoms with Crippen molar-refractivity contribution in [3.8, 4) is 5.75 Å². The zero-order valence-corrected chi connectivity index (χ0v) is 14.2. The first-order valence-electron chi connectivity index (χ1n) is 7.13. The first-order chi connectivity index (χ1) is 9.35. The lowest BCUT2D eigenvalue weighted by Gasteiger charge is -2.22. The topological polar surface area (TPSA) is 64.4 Å². The van der Waals surface area contributed by atoms with E-state index in [9.17, 15) is 4.79 Å². The van der Waals surface area contributed by atoms with Crippen LogP contribution < -0.4 is 15.8 Å². The van der Waals surface area contributed by atoms with Crippen molar-refractivity contribution in [2.75, 3.05) is 13.2 Å². The van der Waals surface area contributed by atoms with E-state index in [1.54, 1.807) is 6.92 Å². The molecule has 1 rings (SSSR count). The minimum Gasteiger partial charge on any atom is -0.492 e. The maximum absolute atomic E-state index is 11.9. The second-order valence-electron chi connectivity index (χ2n) is 5.60. The van der Waals surface area contributed by atoms with E-state index in [2.05, 4.69) is 11.4 Å². The van der Waals surface area contributed by atoms with Crippen molar-refractivity contribution in [1.29, 1.82) is 0 Å². The second-order valence-corrected chi connectivity index (χ2v) is 5.60. The van der Waals surface area contributed by atoms with Crippen LogP contribution in [0, 0.1) is 13.8 Å². The molecule has 0 aliphatic heterocycles. The normalized spacial score (nSPS) is 13.0. The van der Waals surface area contributed by atoms with E-state index >= 15 is 0 Å². The van der Waals surface area contributed by atoms with Crippen LogP contribution in [-0.2, 0) is 4.79 Å². The molecule has 4 nitrogen and oxygen atoms in total. The Hall–Kier alpha value is -1.26. The fourth-order valence-corrected chi connectivity index (χ4v) is 2.18. The van der Waals surface area contributed by atoms with E-state index in [-0.39, 0.29) is 18.3 Å². The van der Waals surface area contributed by atoms with E-state index in [1.165, 1.54) is 11.1 Å². The SMILES string of the molecule is CCCC(C)(N)C(=O)NCCOc1cc(C)cc(C)c1.Cl. The molecule has 1 unspecified atom stereocenters. The molecule has 0 fully saturated rings. The van der Waals surface area contributed by atoms with Gasteiger partial charge in [0.15, 0.2) is 0 Å². The summed E-state index contributed by atoms with van der Waals surface area (Å²) in [7, 11) is 0. The highest BCUT2D eigenvalue weighted by atomic mass is 35.5. The van der Waals surface area contributed by atoms with Gasteiger partial charge in [0, 0.05) is 0 Å². The Morgan fingerprint density at radius 3 is 2.38 bits per heavy atom. The van der Waals surface area contributed by atoms with Gasteiger partial charge < -0.3 is 15.8 Å². The van der Waals surface area contributed by atoms with Crippen LogP contribution in [0.4, 0.5) is 0 Å². The lowest BCUT2D eigenvalue weighted by Crippen LogP contribution is -2.52. The van der Waals surface area contributed by atoms with Gasteiger partial charge in [-0.1, -0.05) is 19.4 Å². The van der Waals surface area contributed by atoms with Crippen LogP contribution in [0.2, 0.25) is 0 Å². The van der Waals surface area contributed by atoms with E-state index in [1.807, 2.05) is 32.9 Å². The van der Waals surface area contributed by atoms with Crippen molar-refractivity contribution in [2.24, 2.45) is 5.73 Å². The molecule has 3 N–H and O–H groups in total. The standard InChI is InChI=1S/C16H26N2O2.ClH/c1-5-6-16(4,17)15(19)18-7-8-20-14-10-12(2)9-13(3)11-14;/h9-11H,5-8,17H2,1-4H3,(H,18,19);1H. The van der Waals surface area contributed by atoms with Crippen molar-refractivity contribution in [1.82, 2.24) is 5.32 Å². The minimum absolute atomic E-state index is 0. The Balaban J connectivity index is 0.00000400. The average molecular weight is 315 g/mol. The molecule has 0 saturated heterocycles. The number of rotatable bonds is 7. The molecule has 21 heavy (non-hydrogen) atoms. The van der Waals surface area contributed by atoms with Gasteiger partial charge in [0.05, 0.1) is 12.1 Å². The van der Waals surface area contributed by atoms with Gasteiger partial charge in [-0.3, -0.25) is 4.79 Å². The number of carbonyl (C=O) groups is 1. The van der Waals surface area contributed by atoms with Crippen LogP contribution in [-0.4, -0.2) is 24.6 Å². The molecule has 0 bridgehead atoms. The monoisotopic (exact) mass is 314 g/mol. The van der Waals surface area contributed by atoms with Gasteiger partial charge in [0.2, 0.25) is 5.91 Å². The van der Waals surface area contributed by atoms with Crippen LogP contribution in [0.1, 0.15) is 37.8 Å². The van der Waals surface area contributed by atoms with Crippen LogP contribution in [0.3, 0.4) is 0 Å². The Labute approximate surface area is 133 Å². The van der Waals surface area contributed by atoms with Crippen LogP contribution in [0.15, 0.2) is 18.2 Å². The van der Waals surface area contributed by atoms with Crippen molar-refractivity contribution in [3.05, 3.63) is 29.3 Å². The second kappa shape index (κ2) is 8.90. The Morgan fingerprint density at radius 2 is 1.86 bits per heavy atom. The largest absolute Gasteiger partial charge is 0.492 e. The number of aryl methyl sites for hydroxylation is 2. The summed E-state index contributed by atoms with van der Waals surface area (Å²) < 4.78 is 5.64. The van der Waals surface area contributed by atoms with E-state index in [0.717, 1.165) is 12.2 Å². The molecular formula is C16H27ClN2O2. The van der Waals surface area contributed by atoms with Crippen LogP contribution in [0.25, 0.3) is 0 Å². The Bertz CT molecular complexity index is 441. The van der Waals surface area contributed by atoms with Gasteiger partial charge in [-0.15, -0.1) is 12.4 Å². The number of nitrogens with one attached hydrogen (secondary N) is 1. The van der Waals surface area contributed by atoms with Crippen molar-refractivity contribution in [2.45, 2.75) is 46.1 Å². The first kappa shape index (κ1) is 19.7. The number of hydrogen-bond donors (Lipinski definition) is 2. The van der Waals surface area contributed by atoms with Crippen molar-refractivity contribution in [3.63, 3.8) is 0 Å². The summed E-state index contributed by atoms with van der Waals surface area (Å²) in [5, 5.41) is 2.82. The minimum atomic E-state index is -0.797. The third-order valence-electron chi connectivity index (χ3n) is 3.14. The molecule has 1 aromatic rings. The summed E-state index contributed by atoms with van der Waals surface area (Å²) in [5.74, 6) is 0.712. The van der Waals surface area contributed by atoms with Crippen LogP contribution in [0.5, 0.6) is 5.75 Å². The van der Waals surface area contributed by atoms with Crippen LogP contribution >= 0.6 is 12.4 Å². The highest BCUT2D eigenvalue weighted by molar-refractivity contribution is 5.85. The maximum atomic E-state index is 11.9. The predicted molar refractivity (Wildman–Crippen MR) is 89.2 cm³/mol. The van der Waals surface area contributed by atoms with Gasteiger partial charge in [0.25, 0.3) is 0 Å². The van der Waals surface area contributed by atoms with Crippen molar-refractivity contribution >= 4 is 18.3 Å². The summed E-state index contributed by atoms with van der Waals surface area (Å²) in [6, 6.07) is 6.07. The van der Waals surface area contributed by atoms with Gasteiger partial charge in [0.1, 0.15) is 12.4 Å². The number of halogens is 1. The van der Waals surface area contributed by atoms with E-state index in [0.29, 0.717) is 19.6 Å². The summed E-state index contributed by atoms with van der Waals surface area (Å²) in [4.78, 5) is 11.9. The fraction of sp³-hybridized carbons (Fsp3) is 0.562. The highest BCUT2D eigenvalue weighted by Crippen LogP contribution is 2.15. The molecule has 0 radical (unpaired) electrons. The van der Waals surface area contributed by atoms with Gasteiger partial charge in [-0.2, -0.15) is 0 Å². The zero-order chi connectivity index (χ0) is 15.2. The molecule has 0 aliphatic rings. The maximum Gasteiger partial charge on any atom is 0.239 e. The number of amides is 1. The smallest absolute Gasteiger partial charge is 0.239 e. The number of ether oxygens (including phenoxy) is 1. The third kappa shape index (κ3) is 6.82. The molecule has 0 saturated carbocycles. The summed E-state index contributed by atoms with van der Waals surface area (Å²) >= 11 is 0. The van der Waals surface area contributed by atoms with E-state index < -0.39 is 5.54 Å². The predicted octanol–water partition coefficient (Wildman–Crippen LogP) is 2.74. The Morgan fingerprint density at radius 1 is 1.29 bits per heavy atom. The average Bonchev–Trinajstić information content (AvgIpc) is 2.33. The third-order valence-corrected chi connectivity index (χ3v) is 3.14. The molecule has 0 aromatic heterocycles. The number of benzene rings is 1. The number of nitrogens with two attached hydrogens (primary N) is 1. The molecule has 0 heterocycles. The molecule has 1 atom stereocenters. The molecule has 0 aliphatic carbocycles. The summed E-state index contributed by atoms with van der Waals surface area (Å²) in [6.45, 7) is 8.75. The van der Waals surface area contributed by atoms with Gasteiger partial charge in [-0.05, 0) is 50.5 Å². The summed E-state index contributed by atoms with van der Waals surface area (Å²) in [5.41, 5.74) is 7.49. The quantitative estimate of drug-likeness (QED) is 0.761. The Kier molecular flexibility index (Phi) is 8.37. The molecule has 0 spiro atoms. The lowest BCUT2D eigenvalue weighted by molar-refractivity contribution is -0.126. The summed E-state index contributed by atoms with van der Waals surface area (Å²) in [6.07, 6.45) is 1.57. The molecule has 120 valence electrons.